The quantitative estimate of drug-likeness (QED) is 0.612. The third-order valence-corrected chi connectivity index (χ3v) is 2.31. The first kappa shape index (κ1) is 12.6. The van der Waals surface area contributed by atoms with Crippen LogP contribution in [-0.2, 0) is 0 Å². The molecule has 16 heavy (non-hydrogen) atoms. The number of alkyl halides is 1. The van der Waals surface area contributed by atoms with Crippen LogP contribution < -0.4 is 10.1 Å². The van der Waals surface area contributed by atoms with Gasteiger partial charge >= 0.3 is 0 Å². The second-order valence-electron chi connectivity index (χ2n) is 3.15. The van der Waals surface area contributed by atoms with E-state index in [0.717, 1.165) is 0 Å². The Morgan fingerprint density at radius 2 is 2.31 bits per heavy atom. The summed E-state index contributed by atoms with van der Waals surface area (Å²) in [6.45, 7) is 0.472. The Morgan fingerprint density at radius 1 is 1.56 bits per heavy atom. The number of ether oxygens (including phenoxy) is 1. The highest BCUT2D eigenvalue weighted by Gasteiger charge is 2.16. The van der Waals surface area contributed by atoms with Crippen LogP contribution in [0.1, 0.15) is 16.8 Å². The topological polar surface area (TPSA) is 58.6 Å². The normalized spacial score (nSPS) is 9.88. The third-order valence-electron chi connectivity index (χ3n) is 2.05. The van der Waals surface area contributed by atoms with Crippen LogP contribution in [0.3, 0.4) is 0 Å². The number of rotatable bonds is 5. The van der Waals surface area contributed by atoms with E-state index in [-0.39, 0.29) is 17.2 Å². The van der Waals surface area contributed by atoms with E-state index >= 15 is 0 Å². The molecule has 1 amide bonds. The number of carbonyl (C=O) groups excluding carboxylic acids is 1. The van der Waals surface area contributed by atoms with Crippen molar-refractivity contribution in [3.8, 4) is 11.5 Å². The van der Waals surface area contributed by atoms with Gasteiger partial charge in [-0.2, -0.15) is 0 Å². The van der Waals surface area contributed by atoms with Crippen LogP contribution in [0.5, 0.6) is 11.5 Å². The number of halogens is 1. The summed E-state index contributed by atoms with van der Waals surface area (Å²) in [4.78, 5) is 11.7. The van der Waals surface area contributed by atoms with Crippen LogP contribution in [0.25, 0.3) is 0 Å². The highest BCUT2D eigenvalue weighted by atomic mass is 35.5. The zero-order valence-corrected chi connectivity index (χ0v) is 9.75. The first-order chi connectivity index (χ1) is 7.70. The number of phenols is 1. The molecule has 0 aliphatic carbocycles. The van der Waals surface area contributed by atoms with Gasteiger partial charge in [-0.25, -0.2) is 0 Å². The van der Waals surface area contributed by atoms with Crippen LogP contribution in [-0.4, -0.2) is 30.5 Å². The molecular weight excluding hydrogens is 230 g/mol. The average molecular weight is 244 g/mol. The van der Waals surface area contributed by atoms with E-state index in [4.69, 9.17) is 16.3 Å². The lowest BCUT2D eigenvalue weighted by molar-refractivity contribution is 0.0948. The molecule has 5 heteroatoms. The predicted octanol–water partition coefficient (Wildman–Crippen LogP) is 1.76. The number of hydrogen-bond donors (Lipinski definition) is 2. The van der Waals surface area contributed by atoms with Crippen LogP contribution in [0, 0.1) is 0 Å². The van der Waals surface area contributed by atoms with Crippen LogP contribution >= 0.6 is 11.6 Å². The van der Waals surface area contributed by atoms with Crippen molar-refractivity contribution >= 4 is 17.5 Å². The van der Waals surface area contributed by atoms with E-state index in [1.165, 1.54) is 13.2 Å². The van der Waals surface area contributed by atoms with Crippen LogP contribution in [0.15, 0.2) is 18.2 Å². The summed E-state index contributed by atoms with van der Waals surface area (Å²) in [5.74, 6) is 0.379. The molecule has 0 aliphatic rings. The molecule has 1 aromatic carbocycles. The lowest BCUT2D eigenvalue weighted by atomic mass is 10.1. The number of hydrogen-bond acceptors (Lipinski definition) is 3. The van der Waals surface area contributed by atoms with E-state index in [1.54, 1.807) is 12.1 Å². The maximum Gasteiger partial charge on any atom is 0.258 e. The molecule has 0 fully saturated rings. The molecule has 0 bridgehead atoms. The standard InChI is InChI=1S/C11H14ClNO3/c1-16-9-5-2-4-8(14)10(9)11(15)13-7-3-6-12/h2,4-5,14H,3,6-7H2,1H3,(H,13,15). The molecule has 0 unspecified atom stereocenters. The number of aromatic hydroxyl groups is 1. The molecule has 0 heterocycles. The van der Waals surface area contributed by atoms with Crippen molar-refractivity contribution in [1.29, 1.82) is 0 Å². The zero-order valence-electron chi connectivity index (χ0n) is 9.00. The average Bonchev–Trinajstić information content (AvgIpc) is 2.28. The first-order valence-electron chi connectivity index (χ1n) is 4.90. The second-order valence-corrected chi connectivity index (χ2v) is 3.53. The van der Waals surface area contributed by atoms with Crippen molar-refractivity contribution < 1.29 is 14.6 Å². The summed E-state index contributed by atoms with van der Waals surface area (Å²) < 4.78 is 5.01. The van der Waals surface area contributed by atoms with Gasteiger partial charge in [0, 0.05) is 12.4 Å². The molecule has 0 aliphatic heterocycles. The molecule has 2 N–H and O–H groups in total. The Kier molecular flexibility index (Phi) is 4.92. The van der Waals surface area contributed by atoms with E-state index < -0.39 is 0 Å². The number of phenolic OH excluding ortho intramolecular Hbond substituents is 1. The molecule has 0 aromatic heterocycles. The van der Waals surface area contributed by atoms with Crippen molar-refractivity contribution in [2.75, 3.05) is 19.5 Å². The SMILES string of the molecule is COc1cccc(O)c1C(=O)NCCCCl. The molecule has 88 valence electrons. The second kappa shape index (κ2) is 6.23. The maximum atomic E-state index is 11.7. The summed E-state index contributed by atoms with van der Waals surface area (Å²) in [6.07, 6.45) is 0.684. The van der Waals surface area contributed by atoms with Crippen molar-refractivity contribution in [1.82, 2.24) is 5.32 Å². The lowest BCUT2D eigenvalue weighted by Gasteiger charge is -2.10. The van der Waals surface area contributed by atoms with Crippen LogP contribution in [0.4, 0.5) is 0 Å². The minimum atomic E-state index is -0.361. The van der Waals surface area contributed by atoms with Gasteiger partial charge in [0.2, 0.25) is 0 Å². The fourth-order valence-electron chi connectivity index (χ4n) is 1.27. The summed E-state index contributed by atoms with van der Waals surface area (Å²) in [7, 11) is 1.45. The van der Waals surface area contributed by atoms with Gasteiger partial charge in [0.1, 0.15) is 17.1 Å². The molecule has 0 atom stereocenters. The third kappa shape index (κ3) is 3.03. The van der Waals surface area contributed by atoms with E-state index in [1.807, 2.05) is 0 Å². The largest absolute Gasteiger partial charge is 0.507 e. The van der Waals surface area contributed by atoms with Crippen molar-refractivity contribution in [2.45, 2.75) is 6.42 Å². The van der Waals surface area contributed by atoms with Crippen LogP contribution in [0.2, 0.25) is 0 Å². The smallest absolute Gasteiger partial charge is 0.258 e. The zero-order chi connectivity index (χ0) is 12.0. The van der Waals surface area contributed by atoms with Gasteiger partial charge in [0.15, 0.2) is 0 Å². The fraction of sp³-hybridized carbons (Fsp3) is 0.364. The summed E-state index contributed by atoms with van der Waals surface area (Å²) >= 11 is 5.50. The maximum absolute atomic E-state index is 11.7. The Labute approximate surface area is 99.2 Å². The van der Waals surface area contributed by atoms with Gasteiger partial charge in [-0.3, -0.25) is 4.79 Å². The lowest BCUT2D eigenvalue weighted by Crippen LogP contribution is -2.25. The predicted molar refractivity (Wildman–Crippen MR) is 62.3 cm³/mol. The Morgan fingerprint density at radius 3 is 2.94 bits per heavy atom. The van der Waals surface area contributed by atoms with E-state index in [0.29, 0.717) is 24.6 Å². The van der Waals surface area contributed by atoms with Gasteiger partial charge < -0.3 is 15.2 Å². The Bertz CT molecular complexity index is 368. The Hall–Kier alpha value is -1.42. The number of nitrogens with one attached hydrogen (secondary N) is 1. The number of benzene rings is 1. The molecule has 1 aromatic rings. The van der Waals surface area contributed by atoms with Crippen molar-refractivity contribution in [3.63, 3.8) is 0 Å². The molecule has 0 spiro atoms. The minimum Gasteiger partial charge on any atom is -0.507 e. The van der Waals surface area contributed by atoms with Gasteiger partial charge in [-0.1, -0.05) is 6.07 Å². The molecule has 1 rings (SSSR count). The fourth-order valence-corrected chi connectivity index (χ4v) is 1.41. The Balaban J connectivity index is 2.81. The van der Waals surface area contributed by atoms with Crippen molar-refractivity contribution in [3.05, 3.63) is 23.8 Å². The van der Waals surface area contributed by atoms with E-state index in [9.17, 15) is 9.90 Å². The summed E-state index contributed by atoms with van der Waals surface area (Å²) in [5.41, 5.74) is 0.152. The highest BCUT2D eigenvalue weighted by Crippen LogP contribution is 2.26. The summed E-state index contributed by atoms with van der Waals surface area (Å²) in [6, 6.07) is 4.68. The number of amides is 1. The summed E-state index contributed by atoms with van der Waals surface area (Å²) in [5, 5.41) is 12.2. The molecular formula is C11H14ClNO3. The first-order valence-corrected chi connectivity index (χ1v) is 5.44. The number of carbonyl (C=O) groups is 1. The van der Waals surface area contributed by atoms with Crippen molar-refractivity contribution in [2.24, 2.45) is 0 Å². The highest BCUT2D eigenvalue weighted by molar-refractivity contribution is 6.17. The van der Waals surface area contributed by atoms with Gasteiger partial charge in [-0.15, -0.1) is 11.6 Å². The monoisotopic (exact) mass is 243 g/mol. The van der Waals surface area contributed by atoms with E-state index in [2.05, 4.69) is 5.32 Å². The molecule has 0 saturated carbocycles. The molecule has 0 saturated heterocycles. The van der Waals surface area contributed by atoms with Gasteiger partial charge in [0.25, 0.3) is 5.91 Å². The molecule has 0 radical (unpaired) electrons. The number of methoxy groups -OCH3 is 1. The minimum absolute atomic E-state index is 0.0947. The van der Waals surface area contributed by atoms with Gasteiger partial charge in [-0.05, 0) is 18.6 Å². The van der Waals surface area contributed by atoms with Gasteiger partial charge in [0.05, 0.1) is 7.11 Å². The molecule has 4 nitrogen and oxygen atoms in total.